The number of para-hydroxylation sites is 1. The molecular formula is C21H26N4O4S. The number of amides is 1. The summed E-state index contributed by atoms with van der Waals surface area (Å²) >= 11 is 0. The van der Waals surface area contributed by atoms with Crippen LogP contribution in [0.3, 0.4) is 0 Å². The Labute approximate surface area is 176 Å². The van der Waals surface area contributed by atoms with Crippen LogP contribution in [0.4, 0.5) is 5.69 Å². The van der Waals surface area contributed by atoms with Crippen LogP contribution >= 0.6 is 0 Å². The van der Waals surface area contributed by atoms with Gasteiger partial charge in [-0.1, -0.05) is 24.2 Å². The van der Waals surface area contributed by atoms with Gasteiger partial charge in [0.2, 0.25) is 10.0 Å². The molecule has 3 aliphatic rings. The molecule has 3 heterocycles. The molecule has 1 aromatic carbocycles. The van der Waals surface area contributed by atoms with E-state index < -0.39 is 10.0 Å². The van der Waals surface area contributed by atoms with Crippen LogP contribution in [0.5, 0.6) is 0 Å². The number of fused-ring (bicyclic) bond motifs is 2. The molecule has 0 saturated carbocycles. The number of carbonyl (C=O) groups is 1. The molecule has 30 heavy (non-hydrogen) atoms. The summed E-state index contributed by atoms with van der Waals surface area (Å²) in [5.41, 5.74) is 2.06. The molecule has 1 amide bonds. The number of sulfonamides is 1. The van der Waals surface area contributed by atoms with Crippen molar-refractivity contribution in [1.82, 2.24) is 14.8 Å². The first kappa shape index (κ1) is 19.6. The third-order valence-electron chi connectivity index (χ3n) is 6.56. The minimum atomic E-state index is -3.54. The molecule has 8 nitrogen and oxygen atoms in total. The van der Waals surface area contributed by atoms with Gasteiger partial charge in [-0.2, -0.15) is 4.72 Å². The second kappa shape index (κ2) is 7.39. The van der Waals surface area contributed by atoms with Crippen LogP contribution in [0.1, 0.15) is 48.0 Å². The Kier molecular flexibility index (Phi) is 4.82. The fourth-order valence-corrected chi connectivity index (χ4v) is 6.18. The number of likely N-dealkylation sites (tertiary alicyclic amines) is 1. The lowest BCUT2D eigenvalue weighted by molar-refractivity contribution is 0.0667. The zero-order valence-corrected chi connectivity index (χ0v) is 17.7. The number of anilines is 1. The van der Waals surface area contributed by atoms with Crippen LogP contribution in [0.2, 0.25) is 0 Å². The lowest BCUT2D eigenvalue weighted by Gasteiger charge is -2.38. The van der Waals surface area contributed by atoms with E-state index in [0.717, 1.165) is 30.6 Å². The van der Waals surface area contributed by atoms with Gasteiger partial charge < -0.3 is 14.7 Å². The van der Waals surface area contributed by atoms with Crippen LogP contribution in [0.25, 0.3) is 0 Å². The van der Waals surface area contributed by atoms with Crippen molar-refractivity contribution in [2.75, 3.05) is 18.4 Å². The summed E-state index contributed by atoms with van der Waals surface area (Å²) in [5.74, 6) is 1.41. The van der Waals surface area contributed by atoms with Crippen LogP contribution in [0, 0.1) is 11.8 Å². The number of piperidine rings is 1. The highest BCUT2D eigenvalue weighted by molar-refractivity contribution is 7.89. The first-order valence-corrected chi connectivity index (χ1v) is 12.1. The Bertz CT molecular complexity index is 1070. The van der Waals surface area contributed by atoms with E-state index in [0.29, 0.717) is 43.2 Å². The van der Waals surface area contributed by atoms with Crippen molar-refractivity contribution in [1.29, 1.82) is 0 Å². The Balaban J connectivity index is 1.26. The van der Waals surface area contributed by atoms with E-state index in [2.05, 4.69) is 22.1 Å². The highest BCUT2D eigenvalue weighted by Gasteiger charge is 2.37. The molecule has 9 heteroatoms. The molecule has 0 spiro atoms. The van der Waals surface area contributed by atoms with E-state index in [9.17, 15) is 13.2 Å². The van der Waals surface area contributed by atoms with Gasteiger partial charge in [0.1, 0.15) is 10.7 Å². The second-order valence-electron chi connectivity index (χ2n) is 8.65. The lowest BCUT2D eigenvalue weighted by atomic mass is 9.87. The van der Waals surface area contributed by atoms with Crippen LogP contribution in [0.15, 0.2) is 33.7 Å². The Morgan fingerprint density at radius 1 is 1.20 bits per heavy atom. The van der Waals surface area contributed by atoms with E-state index in [4.69, 9.17) is 4.52 Å². The monoisotopic (exact) mass is 430 g/mol. The number of aryl methyl sites for hydroxylation is 1. The molecule has 2 unspecified atom stereocenters. The Hall–Kier alpha value is -2.39. The molecule has 1 fully saturated rings. The number of hydrogen-bond acceptors (Lipinski definition) is 6. The average molecular weight is 431 g/mol. The van der Waals surface area contributed by atoms with Crippen molar-refractivity contribution in [3.63, 3.8) is 0 Å². The minimum absolute atomic E-state index is 0.0740. The number of carbonyl (C=O) groups excluding carboxylic acids is 1. The van der Waals surface area contributed by atoms with Crippen LogP contribution in [-0.4, -0.2) is 43.6 Å². The zero-order valence-electron chi connectivity index (χ0n) is 16.9. The Morgan fingerprint density at radius 3 is 2.77 bits per heavy atom. The number of aromatic nitrogens is 1. The highest BCUT2D eigenvalue weighted by Crippen LogP contribution is 2.32. The lowest BCUT2D eigenvalue weighted by Crippen LogP contribution is -2.52. The fraction of sp³-hybridized carbons (Fsp3) is 0.524. The van der Waals surface area contributed by atoms with Gasteiger partial charge in [0.15, 0.2) is 5.69 Å². The number of rotatable bonds is 2. The van der Waals surface area contributed by atoms with E-state index in [1.54, 1.807) is 18.2 Å². The van der Waals surface area contributed by atoms with E-state index in [1.807, 2.05) is 11.0 Å². The van der Waals surface area contributed by atoms with Gasteiger partial charge in [0, 0.05) is 25.1 Å². The molecule has 0 radical (unpaired) electrons. The van der Waals surface area contributed by atoms with Gasteiger partial charge >= 0.3 is 0 Å². The van der Waals surface area contributed by atoms with E-state index in [-0.39, 0.29) is 22.9 Å². The van der Waals surface area contributed by atoms with Gasteiger partial charge in [-0.3, -0.25) is 4.79 Å². The van der Waals surface area contributed by atoms with Crippen LogP contribution in [-0.2, 0) is 22.9 Å². The van der Waals surface area contributed by atoms with Gasteiger partial charge in [0.25, 0.3) is 5.91 Å². The van der Waals surface area contributed by atoms with Crippen molar-refractivity contribution in [2.24, 2.45) is 11.8 Å². The molecule has 160 valence electrons. The number of benzene rings is 1. The molecule has 2 aromatic rings. The number of hydrogen-bond donors (Lipinski definition) is 2. The maximum absolute atomic E-state index is 13.1. The molecule has 1 aromatic heterocycles. The van der Waals surface area contributed by atoms with Gasteiger partial charge in [-0.15, -0.1) is 0 Å². The normalized spacial score (nSPS) is 25.8. The van der Waals surface area contributed by atoms with Gasteiger partial charge in [0.05, 0.1) is 11.9 Å². The predicted octanol–water partition coefficient (Wildman–Crippen LogP) is 2.38. The standard InChI is InChI=1S/C21H26N4O4S/c1-13-6-7-17-15(12-13)19(23-29-17)21(26)25-10-8-14(9-11-25)20-22-16-4-2-3-5-18(16)30(27,28)24-20/h2-5,13-14,20,22,24H,6-12H2,1H3. The van der Waals surface area contributed by atoms with Crippen molar-refractivity contribution >= 4 is 21.6 Å². The first-order valence-electron chi connectivity index (χ1n) is 10.6. The second-order valence-corrected chi connectivity index (χ2v) is 10.3. The summed E-state index contributed by atoms with van der Waals surface area (Å²) in [7, 11) is -3.54. The van der Waals surface area contributed by atoms with E-state index in [1.165, 1.54) is 0 Å². The van der Waals surface area contributed by atoms with Crippen LogP contribution < -0.4 is 10.0 Å². The number of nitrogens with zero attached hydrogens (tertiary/aromatic N) is 2. The fourth-order valence-electron chi connectivity index (χ4n) is 4.79. The van der Waals surface area contributed by atoms with Gasteiger partial charge in [-0.05, 0) is 49.7 Å². The molecule has 2 atom stereocenters. The summed E-state index contributed by atoms with van der Waals surface area (Å²) < 4.78 is 33.4. The van der Waals surface area contributed by atoms with E-state index >= 15 is 0 Å². The quantitative estimate of drug-likeness (QED) is 0.758. The topological polar surface area (TPSA) is 105 Å². The van der Waals surface area contributed by atoms with Crippen molar-refractivity contribution in [3.8, 4) is 0 Å². The average Bonchev–Trinajstić information content (AvgIpc) is 3.16. The summed E-state index contributed by atoms with van der Waals surface area (Å²) in [4.78, 5) is 15.2. The zero-order chi connectivity index (χ0) is 20.9. The van der Waals surface area contributed by atoms with Gasteiger partial charge in [-0.25, -0.2) is 8.42 Å². The molecule has 1 aliphatic carbocycles. The summed E-state index contributed by atoms with van der Waals surface area (Å²) in [6, 6.07) is 6.92. The Morgan fingerprint density at radius 2 is 1.97 bits per heavy atom. The van der Waals surface area contributed by atoms with Crippen molar-refractivity contribution in [2.45, 2.75) is 50.1 Å². The third-order valence-corrected chi connectivity index (χ3v) is 8.06. The molecular weight excluding hydrogens is 404 g/mol. The predicted molar refractivity (Wildman–Crippen MR) is 110 cm³/mol. The third kappa shape index (κ3) is 3.39. The SMILES string of the molecule is CC1CCc2onc(C(=O)N3CCC(C4Nc5ccccc5S(=O)(=O)N4)CC3)c2C1. The molecule has 2 aliphatic heterocycles. The summed E-state index contributed by atoms with van der Waals surface area (Å²) in [5, 5.41) is 7.41. The van der Waals surface area contributed by atoms with Crippen molar-refractivity contribution in [3.05, 3.63) is 41.3 Å². The molecule has 5 rings (SSSR count). The summed E-state index contributed by atoms with van der Waals surface area (Å²) in [6.07, 6.45) is 3.80. The maximum Gasteiger partial charge on any atom is 0.276 e. The van der Waals surface area contributed by atoms with Crippen molar-refractivity contribution < 1.29 is 17.7 Å². The maximum atomic E-state index is 13.1. The molecule has 2 N–H and O–H groups in total. The minimum Gasteiger partial charge on any atom is -0.368 e. The number of nitrogens with one attached hydrogen (secondary N) is 2. The summed E-state index contributed by atoms with van der Waals surface area (Å²) in [6.45, 7) is 3.33. The highest BCUT2D eigenvalue weighted by atomic mass is 32.2. The molecule has 0 bridgehead atoms. The first-order chi connectivity index (χ1) is 14.4. The largest absolute Gasteiger partial charge is 0.368 e. The smallest absolute Gasteiger partial charge is 0.276 e. The molecule has 1 saturated heterocycles.